The topological polar surface area (TPSA) is 34.1 Å². The number of benzene rings is 1. The molecule has 0 saturated heterocycles. The highest BCUT2D eigenvalue weighted by Gasteiger charge is 2.06. The zero-order valence-electron chi connectivity index (χ0n) is 11.8. The zero-order chi connectivity index (χ0) is 14.4. The van der Waals surface area contributed by atoms with Gasteiger partial charge in [0.25, 0.3) is 0 Å². The first-order valence-corrected chi connectivity index (χ1v) is 7.51. The predicted octanol–water partition coefficient (Wildman–Crippen LogP) is 4.09. The molecule has 0 radical (unpaired) electrons. The third kappa shape index (κ3) is 4.05. The van der Waals surface area contributed by atoms with Crippen molar-refractivity contribution in [1.29, 1.82) is 0 Å². The Morgan fingerprint density at radius 1 is 1.25 bits per heavy atom. The van der Waals surface area contributed by atoms with Gasteiger partial charge in [0.15, 0.2) is 0 Å². The van der Waals surface area contributed by atoms with E-state index in [1.165, 1.54) is 5.56 Å². The third-order valence-electron chi connectivity index (χ3n) is 3.21. The third-order valence-corrected chi connectivity index (χ3v) is 3.64. The average molecular weight is 335 g/mol. The van der Waals surface area contributed by atoms with Crippen molar-refractivity contribution in [1.82, 2.24) is 10.3 Å². The van der Waals surface area contributed by atoms with Gasteiger partial charge in [0.2, 0.25) is 0 Å². The lowest BCUT2D eigenvalue weighted by Crippen LogP contribution is -2.14. The van der Waals surface area contributed by atoms with Crippen molar-refractivity contribution in [3.63, 3.8) is 0 Å². The van der Waals surface area contributed by atoms with Gasteiger partial charge in [0, 0.05) is 28.5 Å². The van der Waals surface area contributed by atoms with E-state index in [1.54, 1.807) is 6.20 Å². The number of rotatable bonds is 6. The Balaban J connectivity index is 1.97. The molecular weight excluding hydrogens is 316 g/mol. The number of hydrogen-bond acceptors (Lipinski definition) is 3. The maximum Gasteiger partial charge on any atom is 0.119 e. The van der Waals surface area contributed by atoms with Gasteiger partial charge in [-0.1, -0.05) is 19.1 Å². The SMILES string of the molecule is CCC(NC)c1ccc(OCc2cncc(Br)c2)cc1. The van der Waals surface area contributed by atoms with Crippen molar-refractivity contribution in [2.45, 2.75) is 26.0 Å². The summed E-state index contributed by atoms with van der Waals surface area (Å²) in [7, 11) is 1.98. The Labute approximate surface area is 128 Å². The number of hydrogen-bond donors (Lipinski definition) is 1. The Bertz CT molecular complexity index is 538. The fourth-order valence-electron chi connectivity index (χ4n) is 2.10. The van der Waals surface area contributed by atoms with Crippen molar-refractivity contribution in [3.8, 4) is 5.75 Å². The summed E-state index contributed by atoms with van der Waals surface area (Å²) in [5.41, 5.74) is 2.33. The van der Waals surface area contributed by atoms with E-state index in [0.717, 1.165) is 22.2 Å². The van der Waals surface area contributed by atoms with E-state index < -0.39 is 0 Å². The van der Waals surface area contributed by atoms with E-state index in [0.29, 0.717) is 12.6 Å². The van der Waals surface area contributed by atoms with Gasteiger partial charge >= 0.3 is 0 Å². The van der Waals surface area contributed by atoms with Gasteiger partial charge in [0.05, 0.1) is 0 Å². The molecule has 1 atom stereocenters. The first-order valence-electron chi connectivity index (χ1n) is 6.72. The zero-order valence-corrected chi connectivity index (χ0v) is 13.4. The van der Waals surface area contributed by atoms with E-state index in [1.807, 2.05) is 31.4 Å². The molecule has 1 unspecified atom stereocenters. The first kappa shape index (κ1) is 15.0. The summed E-state index contributed by atoms with van der Waals surface area (Å²) >= 11 is 3.40. The second kappa shape index (κ2) is 7.41. The Morgan fingerprint density at radius 3 is 2.60 bits per heavy atom. The number of ether oxygens (including phenoxy) is 1. The van der Waals surface area contributed by atoms with Crippen LogP contribution in [0.25, 0.3) is 0 Å². The molecule has 106 valence electrons. The molecule has 0 fully saturated rings. The highest BCUT2D eigenvalue weighted by molar-refractivity contribution is 9.10. The average Bonchev–Trinajstić information content (AvgIpc) is 2.48. The Morgan fingerprint density at radius 2 is 2.00 bits per heavy atom. The van der Waals surface area contributed by atoms with Gasteiger partial charge in [-0.05, 0) is 53.2 Å². The molecule has 0 saturated carbocycles. The standard InChI is InChI=1S/C16H19BrN2O/c1-3-16(18-2)13-4-6-15(7-5-13)20-11-12-8-14(17)10-19-9-12/h4-10,16,18H,3,11H2,1-2H3. The largest absolute Gasteiger partial charge is 0.489 e. The molecule has 0 spiro atoms. The second-order valence-electron chi connectivity index (χ2n) is 4.62. The van der Waals surface area contributed by atoms with Crippen molar-refractivity contribution in [2.24, 2.45) is 0 Å². The van der Waals surface area contributed by atoms with Crippen LogP contribution in [0.1, 0.15) is 30.5 Å². The molecule has 3 nitrogen and oxygen atoms in total. The fourth-order valence-corrected chi connectivity index (χ4v) is 2.52. The van der Waals surface area contributed by atoms with Gasteiger partial charge in [-0.25, -0.2) is 0 Å². The van der Waals surface area contributed by atoms with Crippen molar-refractivity contribution < 1.29 is 4.74 Å². The molecule has 0 aliphatic heterocycles. The van der Waals surface area contributed by atoms with E-state index in [4.69, 9.17) is 4.74 Å². The summed E-state index contributed by atoms with van der Waals surface area (Å²) in [4.78, 5) is 4.12. The summed E-state index contributed by atoms with van der Waals surface area (Å²) in [6.45, 7) is 2.70. The normalized spacial score (nSPS) is 12.2. The molecule has 0 aliphatic rings. The van der Waals surface area contributed by atoms with Crippen molar-refractivity contribution >= 4 is 15.9 Å². The van der Waals surface area contributed by atoms with E-state index >= 15 is 0 Å². The van der Waals surface area contributed by atoms with Crippen LogP contribution in [0.5, 0.6) is 5.75 Å². The highest BCUT2D eigenvalue weighted by atomic mass is 79.9. The predicted molar refractivity (Wildman–Crippen MR) is 84.8 cm³/mol. The van der Waals surface area contributed by atoms with Crippen LogP contribution >= 0.6 is 15.9 Å². The molecule has 1 aromatic heterocycles. The monoisotopic (exact) mass is 334 g/mol. The van der Waals surface area contributed by atoms with Gasteiger partial charge in [-0.15, -0.1) is 0 Å². The van der Waals surface area contributed by atoms with Gasteiger partial charge in [0.1, 0.15) is 12.4 Å². The maximum atomic E-state index is 5.77. The number of aromatic nitrogens is 1. The van der Waals surface area contributed by atoms with Crippen LogP contribution in [-0.2, 0) is 6.61 Å². The number of pyridine rings is 1. The lowest BCUT2D eigenvalue weighted by Gasteiger charge is -2.14. The highest BCUT2D eigenvalue weighted by Crippen LogP contribution is 2.20. The van der Waals surface area contributed by atoms with Gasteiger partial charge in [-0.2, -0.15) is 0 Å². The maximum absolute atomic E-state index is 5.77. The minimum Gasteiger partial charge on any atom is -0.489 e. The molecule has 1 N–H and O–H groups in total. The van der Waals surface area contributed by atoms with Crippen LogP contribution in [0.15, 0.2) is 47.2 Å². The first-order chi connectivity index (χ1) is 9.72. The van der Waals surface area contributed by atoms with E-state index in [2.05, 4.69) is 45.3 Å². The molecule has 0 bridgehead atoms. The fraction of sp³-hybridized carbons (Fsp3) is 0.312. The molecule has 1 heterocycles. The number of halogens is 1. The second-order valence-corrected chi connectivity index (χ2v) is 5.53. The summed E-state index contributed by atoms with van der Waals surface area (Å²) in [6.07, 6.45) is 4.65. The quantitative estimate of drug-likeness (QED) is 0.863. The summed E-state index contributed by atoms with van der Waals surface area (Å²) in [6, 6.07) is 10.7. The van der Waals surface area contributed by atoms with Crippen LogP contribution in [0.3, 0.4) is 0 Å². The van der Waals surface area contributed by atoms with Crippen LogP contribution in [0.4, 0.5) is 0 Å². The molecule has 20 heavy (non-hydrogen) atoms. The molecule has 4 heteroatoms. The van der Waals surface area contributed by atoms with Crippen LogP contribution in [0.2, 0.25) is 0 Å². The summed E-state index contributed by atoms with van der Waals surface area (Å²) < 4.78 is 6.73. The minimum absolute atomic E-state index is 0.401. The minimum atomic E-state index is 0.401. The summed E-state index contributed by atoms with van der Waals surface area (Å²) in [5, 5.41) is 3.30. The van der Waals surface area contributed by atoms with Gasteiger partial charge in [-0.3, -0.25) is 4.98 Å². The van der Waals surface area contributed by atoms with Crippen LogP contribution < -0.4 is 10.1 Å². The molecule has 0 aliphatic carbocycles. The van der Waals surface area contributed by atoms with Gasteiger partial charge < -0.3 is 10.1 Å². The molecule has 0 amide bonds. The Kier molecular flexibility index (Phi) is 5.56. The number of nitrogens with one attached hydrogen (secondary N) is 1. The lowest BCUT2D eigenvalue weighted by molar-refractivity contribution is 0.305. The lowest BCUT2D eigenvalue weighted by atomic mass is 10.0. The Hall–Kier alpha value is -1.39. The molecule has 2 aromatic rings. The summed E-state index contributed by atoms with van der Waals surface area (Å²) in [5.74, 6) is 0.875. The van der Waals surface area contributed by atoms with Crippen molar-refractivity contribution in [3.05, 3.63) is 58.3 Å². The van der Waals surface area contributed by atoms with Crippen LogP contribution in [0, 0.1) is 0 Å². The molecule has 1 aromatic carbocycles. The number of nitrogens with zero attached hydrogens (tertiary/aromatic N) is 1. The van der Waals surface area contributed by atoms with E-state index in [9.17, 15) is 0 Å². The van der Waals surface area contributed by atoms with Crippen molar-refractivity contribution in [2.75, 3.05) is 7.05 Å². The molecule has 2 rings (SSSR count). The molecular formula is C16H19BrN2O. The van der Waals surface area contributed by atoms with Crippen LogP contribution in [-0.4, -0.2) is 12.0 Å². The smallest absolute Gasteiger partial charge is 0.119 e. The van der Waals surface area contributed by atoms with E-state index in [-0.39, 0.29) is 0 Å².